The molecule has 141 valence electrons. The quantitative estimate of drug-likeness (QED) is 0.453. The van der Waals surface area contributed by atoms with Crippen molar-refractivity contribution >= 4 is 18.0 Å². The van der Waals surface area contributed by atoms with Gasteiger partial charge in [0.1, 0.15) is 6.10 Å². The summed E-state index contributed by atoms with van der Waals surface area (Å²) in [6.07, 6.45) is -4.67. The molecule has 1 aliphatic heterocycles. The molecular formula is C14H23N2O8Y-. The molecule has 0 aliphatic carbocycles. The van der Waals surface area contributed by atoms with Gasteiger partial charge in [-0.2, -0.15) is 0 Å². The SMILES string of the molecule is C.CC(=O)NC1C(C)C=C(C(=O)O)OC1[C@H](OC([NH-])=O)[C@H](O)CO.[Y]. The van der Waals surface area contributed by atoms with Crippen molar-refractivity contribution in [3.8, 4) is 0 Å². The molecule has 0 bridgehead atoms. The van der Waals surface area contributed by atoms with E-state index in [2.05, 4.69) is 10.1 Å². The van der Waals surface area contributed by atoms with Crippen LogP contribution < -0.4 is 5.32 Å². The van der Waals surface area contributed by atoms with Crippen LogP contribution in [0.1, 0.15) is 21.3 Å². The molecule has 11 heteroatoms. The van der Waals surface area contributed by atoms with Crippen molar-refractivity contribution < 1.29 is 71.9 Å². The molecule has 25 heavy (non-hydrogen) atoms. The number of carboxylic acid groups (broad SMARTS) is 1. The Hall–Kier alpha value is -1.23. The van der Waals surface area contributed by atoms with Crippen molar-refractivity contribution in [1.29, 1.82) is 0 Å². The first kappa shape index (κ1) is 26.0. The monoisotopic (exact) mass is 436 g/mol. The van der Waals surface area contributed by atoms with Crippen LogP contribution in [-0.2, 0) is 51.8 Å². The summed E-state index contributed by atoms with van der Waals surface area (Å²) in [6.45, 7) is 2.02. The topological polar surface area (TPSA) is 166 Å². The van der Waals surface area contributed by atoms with Gasteiger partial charge in [0.15, 0.2) is 12.2 Å². The molecule has 0 aromatic heterocycles. The second-order valence-corrected chi connectivity index (χ2v) is 5.12. The Labute approximate surface area is 170 Å². The molecule has 1 aliphatic rings. The first-order valence-electron chi connectivity index (χ1n) is 6.77. The molecule has 5 atom stereocenters. The molecular weight excluding hydrogens is 413 g/mol. The summed E-state index contributed by atoms with van der Waals surface area (Å²) in [4.78, 5) is 33.4. The van der Waals surface area contributed by atoms with Crippen molar-refractivity contribution in [2.45, 2.75) is 45.6 Å². The van der Waals surface area contributed by atoms with Crippen molar-refractivity contribution in [1.82, 2.24) is 5.32 Å². The van der Waals surface area contributed by atoms with Gasteiger partial charge in [-0.15, -0.1) is 0 Å². The predicted octanol–water partition coefficient (Wildman–Crippen LogP) is 0.0387. The number of rotatable bonds is 6. The average molecular weight is 436 g/mol. The number of amides is 2. The molecule has 1 rings (SSSR count). The molecule has 0 spiro atoms. The van der Waals surface area contributed by atoms with Gasteiger partial charge in [-0.05, 0) is 6.08 Å². The van der Waals surface area contributed by atoms with E-state index in [-0.39, 0.29) is 40.1 Å². The largest absolute Gasteiger partial charge is 0.632 e. The summed E-state index contributed by atoms with van der Waals surface area (Å²) in [5.41, 5.74) is 6.86. The third kappa shape index (κ3) is 7.27. The standard InChI is InChI=1S/C13H20N2O8.CH4.Y/c1-5-3-8(12(19)20)22-11(9(5)15-6(2)17)10(7(18)4-16)23-13(14)21;;/h3,5,7,9-11,16,18H,4H2,1-2H3,(H4,14,15,17,19,20,21);1H4;/p-1/t5?,7-,9?,10-,11?;;/m1../s1. The smallest absolute Gasteiger partial charge is 0.370 e. The van der Waals surface area contributed by atoms with Gasteiger partial charge in [0, 0.05) is 45.6 Å². The molecule has 3 unspecified atom stereocenters. The van der Waals surface area contributed by atoms with Gasteiger partial charge in [0.05, 0.1) is 12.6 Å². The van der Waals surface area contributed by atoms with Crippen molar-refractivity contribution in [3.63, 3.8) is 0 Å². The molecule has 0 saturated heterocycles. The van der Waals surface area contributed by atoms with Crippen LogP contribution in [-0.4, -0.2) is 64.2 Å². The van der Waals surface area contributed by atoms with Gasteiger partial charge in [-0.25, -0.2) is 4.79 Å². The Morgan fingerprint density at radius 3 is 2.40 bits per heavy atom. The van der Waals surface area contributed by atoms with E-state index in [1.54, 1.807) is 6.92 Å². The Kier molecular flexibility index (Phi) is 11.9. The van der Waals surface area contributed by atoms with Gasteiger partial charge in [0.25, 0.3) is 0 Å². The molecule has 0 aromatic carbocycles. The number of carbonyl (C=O) groups excluding carboxylic acids is 2. The molecule has 1 heterocycles. The molecule has 0 aromatic rings. The second-order valence-electron chi connectivity index (χ2n) is 5.12. The van der Waals surface area contributed by atoms with Gasteiger partial charge in [0.2, 0.25) is 17.8 Å². The van der Waals surface area contributed by atoms with Crippen LogP contribution in [0.2, 0.25) is 0 Å². The van der Waals surface area contributed by atoms with E-state index in [4.69, 9.17) is 20.7 Å². The molecule has 5 N–H and O–H groups in total. The van der Waals surface area contributed by atoms with Gasteiger partial charge in [-0.1, -0.05) is 14.4 Å². The number of carboxylic acids is 1. The van der Waals surface area contributed by atoms with E-state index in [0.29, 0.717) is 0 Å². The van der Waals surface area contributed by atoms with Crippen LogP contribution in [0.15, 0.2) is 11.8 Å². The van der Waals surface area contributed by atoms with Crippen molar-refractivity contribution in [3.05, 3.63) is 17.6 Å². The Morgan fingerprint density at radius 2 is 2.00 bits per heavy atom. The zero-order valence-electron chi connectivity index (χ0n) is 13.1. The van der Waals surface area contributed by atoms with Crippen LogP contribution in [0.4, 0.5) is 4.79 Å². The zero-order chi connectivity index (χ0) is 17.7. The van der Waals surface area contributed by atoms with E-state index < -0.39 is 60.6 Å². The minimum Gasteiger partial charge on any atom is -0.632 e. The number of aliphatic hydroxyl groups is 2. The summed E-state index contributed by atoms with van der Waals surface area (Å²) in [7, 11) is 0. The summed E-state index contributed by atoms with van der Waals surface area (Å²) in [6, 6.07) is -0.832. The van der Waals surface area contributed by atoms with E-state index in [0.717, 1.165) is 0 Å². The number of hydrogen-bond donors (Lipinski definition) is 4. The van der Waals surface area contributed by atoms with Crippen LogP contribution in [0.3, 0.4) is 0 Å². The van der Waals surface area contributed by atoms with Crippen LogP contribution in [0, 0.1) is 5.92 Å². The van der Waals surface area contributed by atoms with Crippen LogP contribution in [0.25, 0.3) is 5.73 Å². The fraction of sp³-hybridized carbons (Fsp3) is 0.643. The molecule has 0 saturated carbocycles. The predicted molar refractivity (Wildman–Crippen MR) is 81.8 cm³/mol. The van der Waals surface area contributed by atoms with Gasteiger partial charge in [-0.3, -0.25) is 9.59 Å². The molecule has 0 fully saturated rings. The van der Waals surface area contributed by atoms with E-state index in [1.165, 1.54) is 13.0 Å². The van der Waals surface area contributed by atoms with E-state index in [9.17, 15) is 19.5 Å². The number of aliphatic hydroxyl groups excluding tert-OH is 2. The maximum atomic E-state index is 11.3. The average Bonchev–Trinajstić information content (AvgIpc) is 2.45. The Bertz CT molecular complexity index is 513. The van der Waals surface area contributed by atoms with Crippen LogP contribution in [0.5, 0.6) is 0 Å². The summed E-state index contributed by atoms with van der Waals surface area (Å²) in [5.74, 6) is -2.79. The normalized spacial score (nSPS) is 24.2. The minimum absolute atomic E-state index is 0. The van der Waals surface area contributed by atoms with Crippen molar-refractivity contribution in [2.75, 3.05) is 6.61 Å². The molecule has 10 nitrogen and oxygen atoms in total. The number of ether oxygens (including phenoxy) is 2. The summed E-state index contributed by atoms with van der Waals surface area (Å²) >= 11 is 0. The maximum absolute atomic E-state index is 11.3. The summed E-state index contributed by atoms with van der Waals surface area (Å²) in [5, 5.41) is 30.5. The minimum atomic E-state index is -1.62. The van der Waals surface area contributed by atoms with E-state index >= 15 is 0 Å². The first-order valence-corrected chi connectivity index (χ1v) is 6.77. The fourth-order valence-corrected chi connectivity index (χ4v) is 2.33. The maximum Gasteiger partial charge on any atom is 0.370 e. The number of aliphatic carboxylic acids is 1. The number of nitrogens with one attached hydrogen (secondary N) is 2. The van der Waals surface area contributed by atoms with Crippen molar-refractivity contribution in [2.24, 2.45) is 5.92 Å². The molecule has 1 radical (unpaired) electrons. The number of carbonyl (C=O) groups is 3. The third-order valence-corrected chi connectivity index (χ3v) is 3.31. The third-order valence-electron chi connectivity index (χ3n) is 3.31. The Morgan fingerprint density at radius 1 is 1.44 bits per heavy atom. The zero-order valence-corrected chi connectivity index (χ0v) is 16.0. The van der Waals surface area contributed by atoms with Gasteiger partial charge < -0.3 is 35.8 Å². The first-order chi connectivity index (χ1) is 10.7. The summed E-state index contributed by atoms with van der Waals surface area (Å²) < 4.78 is 9.88. The van der Waals surface area contributed by atoms with E-state index in [1.807, 2.05) is 0 Å². The molecule has 2 amide bonds. The fourth-order valence-electron chi connectivity index (χ4n) is 2.33. The Balaban J connectivity index is 0. The number of hydrogen-bond acceptors (Lipinski definition) is 7. The second kappa shape index (κ2) is 11.4. The van der Waals surface area contributed by atoms with Crippen LogP contribution >= 0.6 is 0 Å². The van der Waals surface area contributed by atoms with Gasteiger partial charge >= 0.3 is 5.97 Å².